The summed E-state index contributed by atoms with van der Waals surface area (Å²) in [4.78, 5) is 12.6. The highest BCUT2D eigenvalue weighted by atomic mass is 32.1. The molecule has 1 aromatic rings. The molecule has 0 radical (unpaired) electrons. The molecule has 1 fully saturated rings. The maximum atomic E-state index is 11.8. The van der Waals surface area contributed by atoms with Gasteiger partial charge in [0.05, 0.1) is 4.88 Å². The van der Waals surface area contributed by atoms with E-state index in [-0.39, 0.29) is 11.9 Å². The summed E-state index contributed by atoms with van der Waals surface area (Å²) in [5.74, 6) is 0.0556. The van der Waals surface area contributed by atoms with Gasteiger partial charge in [-0.15, -0.1) is 11.3 Å². The van der Waals surface area contributed by atoms with Crippen LogP contribution in [0.1, 0.15) is 28.1 Å². The highest BCUT2D eigenvalue weighted by molar-refractivity contribution is 7.12. The Bertz CT molecular complexity index is 342. The summed E-state index contributed by atoms with van der Waals surface area (Å²) in [6.07, 6.45) is 1.85. The number of carbonyl (C=O) groups is 1. The number of hydrogen-bond acceptors (Lipinski definition) is 3. The standard InChI is InChI=1S/C11H15NO2S/c1-8-6-10(15-7-8)11(13)12-9-2-4-14-5-3-9/h6-7,9H,2-5H2,1H3,(H,12,13). The van der Waals surface area contributed by atoms with Crippen molar-refractivity contribution in [1.29, 1.82) is 0 Å². The van der Waals surface area contributed by atoms with Crippen molar-refractivity contribution in [3.8, 4) is 0 Å². The Morgan fingerprint density at radius 3 is 2.87 bits per heavy atom. The summed E-state index contributed by atoms with van der Waals surface area (Å²) in [5, 5.41) is 5.04. The number of nitrogens with one attached hydrogen (secondary N) is 1. The molecular formula is C11H15NO2S. The van der Waals surface area contributed by atoms with Crippen LogP contribution in [0.15, 0.2) is 11.4 Å². The van der Waals surface area contributed by atoms with Gasteiger partial charge < -0.3 is 10.1 Å². The number of hydrogen-bond donors (Lipinski definition) is 1. The summed E-state index contributed by atoms with van der Waals surface area (Å²) < 4.78 is 5.24. The minimum Gasteiger partial charge on any atom is -0.381 e. The first-order valence-electron chi connectivity index (χ1n) is 5.19. The molecule has 0 bridgehead atoms. The van der Waals surface area contributed by atoms with Crippen molar-refractivity contribution < 1.29 is 9.53 Å². The van der Waals surface area contributed by atoms with E-state index in [2.05, 4.69) is 5.32 Å². The number of rotatable bonds is 2. The smallest absolute Gasteiger partial charge is 0.261 e. The second kappa shape index (κ2) is 4.77. The third kappa shape index (κ3) is 2.79. The normalized spacial score (nSPS) is 17.7. The third-order valence-electron chi connectivity index (χ3n) is 2.51. The van der Waals surface area contributed by atoms with Crippen molar-refractivity contribution >= 4 is 17.2 Å². The Kier molecular flexibility index (Phi) is 3.38. The van der Waals surface area contributed by atoms with Crippen LogP contribution in [0.4, 0.5) is 0 Å². The molecule has 1 N–H and O–H groups in total. The van der Waals surface area contributed by atoms with Gasteiger partial charge in [-0.1, -0.05) is 0 Å². The van der Waals surface area contributed by atoms with Gasteiger partial charge in [0.1, 0.15) is 0 Å². The first-order valence-corrected chi connectivity index (χ1v) is 6.07. The fourth-order valence-electron chi connectivity index (χ4n) is 1.65. The van der Waals surface area contributed by atoms with Crippen LogP contribution in [-0.4, -0.2) is 25.2 Å². The Morgan fingerprint density at radius 2 is 2.27 bits per heavy atom. The molecule has 2 heterocycles. The summed E-state index contributed by atoms with van der Waals surface area (Å²) >= 11 is 1.50. The Morgan fingerprint density at radius 1 is 1.53 bits per heavy atom. The molecule has 4 heteroatoms. The molecule has 0 atom stereocenters. The lowest BCUT2D eigenvalue weighted by Crippen LogP contribution is -2.38. The van der Waals surface area contributed by atoms with Crippen molar-refractivity contribution in [1.82, 2.24) is 5.32 Å². The third-order valence-corrected chi connectivity index (χ3v) is 3.56. The molecule has 1 aliphatic heterocycles. The van der Waals surface area contributed by atoms with E-state index in [1.54, 1.807) is 0 Å². The first kappa shape index (κ1) is 10.6. The molecule has 1 aliphatic rings. The Hall–Kier alpha value is -0.870. The molecule has 0 aromatic carbocycles. The molecular weight excluding hydrogens is 210 g/mol. The topological polar surface area (TPSA) is 38.3 Å². The lowest BCUT2D eigenvalue weighted by molar-refractivity contribution is 0.0698. The number of carbonyl (C=O) groups excluding carboxylic acids is 1. The van der Waals surface area contributed by atoms with Crippen LogP contribution in [0.25, 0.3) is 0 Å². The molecule has 15 heavy (non-hydrogen) atoms. The summed E-state index contributed by atoms with van der Waals surface area (Å²) in [5.41, 5.74) is 1.15. The largest absolute Gasteiger partial charge is 0.381 e. The summed E-state index contributed by atoms with van der Waals surface area (Å²) in [7, 11) is 0. The number of ether oxygens (including phenoxy) is 1. The van der Waals surface area contributed by atoms with Crippen molar-refractivity contribution in [2.75, 3.05) is 13.2 Å². The predicted molar refractivity (Wildman–Crippen MR) is 60.4 cm³/mol. The van der Waals surface area contributed by atoms with Crippen LogP contribution in [0.2, 0.25) is 0 Å². The monoisotopic (exact) mass is 225 g/mol. The van der Waals surface area contributed by atoms with E-state index in [4.69, 9.17) is 4.74 Å². The minimum atomic E-state index is 0.0556. The van der Waals surface area contributed by atoms with Crippen LogP contribution >= 0.6 is 11.3 Å². The number of amides is 1. The van der Waals surface area contributed by atoms with Gasteiger partial charge in [-0.2, -0.15) is 0 Å². The molecule has 0 aliphatic carbocycles. The van der Waals surface area contributed by atoms with E-state index in [1.807, 2.05) is 18.4 Å². The average Bonchev–Trinajstić information content (AvgIpc) is 2.66. The van der Waals surface area contributed by atoms with E-state index in [0.29, 0.717) is 0 Å². The van der Waals surface area contributed by atoms with E-state index in [1.165, 1.54) is 11.3 Å². The fraction of sp³-hybridized carbons (Fsp3) is 0.545. The molecule has 3 nitrogen and oxygen atoms in total. The fourth-order valence-corrected chi connectivity index (χ4v) is 2.45. The predicted octanol–water partition coefficient (Wildman–Crippen LogP) is 1.97. The van der Waals surface area contributed by atoms with Crippen molar-refractivity contribution in [2.45, 2.75) is 25.8 Å². The van der Waals surface area contributed by atoms with E-state index in [9.17, 15) is 4.79 Å². The zero-order chi connectivity index (χ0) is 10.7. The molecule has 0 unspecified atom stereocenters. The van der Waals surface area contributed by atoms with Crippen LogP contribution in [0.3, 0.4) is 0 Å². The SMILES string of the molecule is Cc1csc(C(=O)NC2CCOCC2)c1. The zero-order valence-electron chi connectivity index (χ0n) is 8.79. The van der Waals surface area contributed by atoms with Crippen molar-refractivity contribution in [2.24, 2.45) is 0 Å². The van der Waals surface area contributed by atoms with Gasteiger partial charge in [0.15, 0.2) is 0 Å². The second-order valence-corrected chi connectivity index (χ2v) is 4.76. The molecule has 0 spiro atoms. The van der Waals surface area contributed by atoms with Crippen LogP contribution in [0.5, 0.6) is 0 Å². The van der Waals surface area contributed by atoms with Gasteiger partial charge in [-0.3, -0.25) is 4.79 Å². The Balaban J connectivity index is 1.91. The number of aryl methyl sites for hydroxylation is 1. The van der Waals surface area contributed by atoms with Crippen molar-refractivity contribution in [3.63, 3.8) is 0 Å². The number of thiophene rings is 1. The van der Waals surface area contributed by atoms with Gasteiger partial charge in [0.25, 0.3) is 5.91 Å². The highest BCUT2D eigenvalue weighted by Crippen LogP contribution is 2.14. The first-order chi connectivity index (χ1) is 7.25. The highest BCUT2D eigenvalue weighted by Gasteiger charge is 2.17. The molecule has 2 rings (SSSR count). The molecule has 1 aromatic heterocycles. The van der Waals surface area contributed by atoms with Crippen LogP contribution < -0.4 is 5.32 Å². The summed E-state index contributed by atoms with van der Waals surface area (Å²) in [6, 6.07) is 2.22. The molecule has 0 saturated carbocycles. The minimum absolute atomic E-state index is 0.0556. The maximum Gasteiger partial charge on any atom is 0.261 e. The lowest BCUT2D eigenvalue weighted by atomic mass is 10.1. The van der Waals surface area contributed by atoms with E-state index < -0.39 is 0 Å². The molecule has 82 valence electrons. The lowest BCUT2D eigenvalue weighted by Gasteiger charge is -2.22. The van der Waals surface area contributed by atoms with Gasteiger partial charge in [0, 0.05) is 19.3 Å². The maximum absolute atomic E-state index is 11.8. The van der Waals surface area contributed by atoms with E-state index >= 15 is 0 Å². The Labute approximate surface area is 93.4 Å². The summed E-state index contributed by atoms with van der Waals surface area (Å²) in [6.45, 7) is 3.52. The second-order valence-electron chi connectivity index (χ2n) is 3.85. The van der Waals surface area contributed by atoms with E-state index in [0.717, 1.165) is 36.5 Å². The van der Waals surface area contributed by atoms with Crippen LogP contribution in [-0.2, 0) is 4.74 Å². The molecule has 1 saturated heterocycles. The van der Waals surface area contributed by atoms with Gasteiger partial charge in [-0.25, -0.2) is 0 Å². The molecule has 1 amide bonds. The van der Waals surface area contributed by atoms with Crippen LogP contribution in [0, 0.1) is 6.92 Å². The van der Waals surface area contributed by atoms with Gasteiger partial charge in [0.2, 0.25) is 0 Å². The average molecular weight is 225 g/mol. The quantitative estimate of drug-likeness (QED) is 0.835. The van der Waals surface area contributed by atoms with Crippen molar-refractivity contribution in [3.05, 3.63) is 21.9 Å². The van der Waals surface area contributed by atoms with Gasteiger partial charge >= 0.3 is 0 Å². The zero-order valence-corrected chi connectivity index (χ0v) is 9.60. The van der Waals surface area contributed by atoms with Gasteiger partial charge in [-0.05, 0) is 36.8 Å².